The smallest absolute Gasteiger partial charge is 0.543 e. The molecule has 2 aromatic heterocycles. The second-order valence-electron chi connectivity index (χ2n) is 9.73. The molecule has 2 aromatic rings. The molecule has 11 heteroatoms. The van der Waals surface area contributed by atoms with Gasteiger partial charge in [-0.15, -0.1) is 0 Å². The van der Waals surface area contributed by atoms with E-state index in [-0.39, 0.29) is 30.5 Å². The van der Waals surface area contributed by atoms with Gasteiger partial charge < -0.3 is 24.4 Å². The van der Waals surface area contributed by atoms with Gasteiger partial charge in [-0.25, -0.2) is 4.79 Å². The fourth-order valence-corrected chi connectivity index (χ4v) is 4.78. The SMILES string of the molecule is CN1CCC(CCn2nccc2C(=O)[O-])CC1.COC(=O)c1ccnn1CCC1CCN(C)CC1.[Li+]. The minimum atomic E-state index is -1.15. The van der Waals surface area contributed by atoms with Gasteiger partial charge in [0.2, 0.25) is 0 Å². The number of aryl methyl sites for hydroxylation is 2. The third kappa shape index (κ3) is 9.07. The van der Waals surface area contributed by atoms with E-state index in [4.69, 9.17) is 4.74 Å². The van der Waals surface area contributed by atoms with E-state index in [1.54, 1.807) is 16.9 Å². The summed E-state index contributed by atoms with van der Waals surface area (Å²) in [6.07, 6.45) is 10.1. The van der Waals surface area contributed by atoms with Crippen molar-refractivity contribution in [3.63, 3.8) is 0 Å². The first-order chi connectivity index (χ1) is 16.9. The van der Waals surface area contributed by atoms with Crippen molar-refractivity contribution in [2.45, 2.75) is 51.6 Å². The molecule has 2 saturated heterocycles. The third-order valence-electron chi connectivity index (χ3n) is 7.21. The molecule has 2 aliphatic heterocycles. The molecule has 10 nitrogen and oxygen atoms in total. The fraction of sp³-hybridized carbons (Fsp3) is 0.680. The van der Waals surface area contributed by atoms with Crippen molar-refractivity contribution in [3.05, 3.63) is 35.9 Å². The average Bonchev–Trinajstić information content (AvgIpc) is 3.53. The van der Waals surface area contributed by atoms with E-state index in [2.05, 4.69) is 34.1 Å². The van der Waals surface area contributed by atoms with Crippen LogP contribution in [-0.4, -0.2) is 88.7 Å². The number of aromatic nitrogens is 4. The molecular formula is C25H39LiN6O4. The van der Waals surface area contributed by atoms with Crippen LogP contribution in [0.15, 0.2) is 24.5 Å². The molecule has 4 rings (SSSR count). The summed E-state index contributed by atoms with van der Waals surface area (Å²) < 4.78 is 8.02. The maximum atomic E-state index is 11.5. The fourth-order valence-electron chi connectivity index (χ4n) is 4.78. The summed E-state index contributed by atoms with van der Waals surface area (Å²) in [6, 6.07) is 3.20. The van der Waals surface area contributed by atoms with Crippen molar-refractivity contribution in [2.24, 2.45) is 11.8 Å². The van der Waals surface area contributed by atoms with Gasteiger partial charge in [-0.1, -0.05) is 0 Å². The summed E-state index contributed by atoms with van der Waals surface area (Å²) in [5, 5.41) is 19.0. The Bertz CT molecular complexity index is 933. The molecule has 194 valence electrons. The standard InChI is InChI=1S/C13H21N3O2.C12H19N3O2.Li/c1-15-8-4-11(5-9-15)6-10-16-12(3-7-14-16)13(17)18-2;1-14-7-3-10(4-8-14)5-9-15-11(12(16)17)2-6-13-15;/h3,7,11H,4-6,8-10H2,1-2H3;2,6,10H,3-5,7-9H2,1H3,(H,16,17);/q;;+1/p-1. The van der Waals surface area contributed by atoms with Gasteiger partial charge in [-0.3, -0.25) is 9.36 Å². The summed E-state index contributed by atoms with van der Waals surface area (Å²) in [7, 11) is 5.70. The molecular weight excluding hydrogens is 455 g/mol. The Morgan fingerprint density at radius 3 is 1.69 bits per heavy atom. The maximum absolute atomic E-state index is 11.5. The summed E-state index contributed by atoms with van der Waals surface area (Å²) in [5.41, 5.74) is 0.725. The van der Waals surface area contributed by atoms with Gasteiger partial charge in [0.1, 0.15) is 5.69 Å². The van der Waals surface area contributed by atoms with Crippen LogP contribution >= 0.6 is 0 Å². The molecule has 2 aliphatic rings. The van der Waals surface area contributed by atoms with E-state index in [9.17, 15) is 14.7 Å². The van der Waals surface area contributed by atoms with E-state index in [1.807, 2.05) is 0 Å². The van der Waals surface area contributed by atoms with Crippen LogP contribution in [0.25, 0.3) is 0 Å². The zero-order valence-electron chi connectivity index (χ0n) is 22.3. The third-order valence-corrected chi connectivity index (χ3v) is 7.21. The number of methoxy groups -OCH3 is 1. The first-order valence-electron chi connectivity index (χ1n) is 12.6. The number of esters is 1. The van der Waals surface area contributed by atoms with E-state index >= 15 is 0 Å². The summed E-state index contributed by atoms with van der Waals surface area (Å²) in [6.45, 7) is 6.09. The van der Waals surface area contributed by atoms with Crippen molar-refractivity contribution >= 4 is 11.9 Å². The second-order valence-corrected chi connectivity index (χ2v) is 9.73. The summed E-state index contributed by atoms with van der Waals surface area (Å²) in [5.74, 6) is -0.0253. The van der Waals surface area contributed by atoms with Crippen LogP contribution < -0.4 is 24.0 Å². The molecule has 4 heterocycles. The number of rotatable bonds is 8. The number of nitrogens with zero attached hydrogens (tertiary/aromatic N) is 6. The number of carbonyl (C=O) groups excluding carboxylic acids is 2. The van der Waals surface area contributed by atoms with E-state index in [0.29, 0.717) is 18.2 Å². The Labute approximate surface area is 226 Å². The normalized spacial score (nSPS) is 17.6. The zero-order chi connectivity index (χ0) is 25.2. The minimum absolute atomic E-state index is 0. The van der Waals surface area contributed by atoms with Gasteiger partial charge in [0, 0.05) is 25.5 Å². The Hall–Kier alpha value is -2.12. The van der Waals surface area contributed by atoms with Gasteiger partial charge in [-0.05, 0) is 103 Å². The molecule has 0 amide bonds. The van der Waals surface area contributed by atoms with Crippen LogP contribution in [0.5, 0.6) is 0 Å². The number of ether oxygens (including phenoxy) is 1. The number of carboxylic acids is 1. The molecule has 0 spiro atoms. The number of carbonyl (C=O) groups is 2. The number of hydrogen-bond donors (Lipinski definition) is 0. The Morgan fingerprint density at radius 2 is 1.28 bits per heavy atom. The molecule has 0 bridgehead atoms. The molecule has 0 radical (unpaired) electrons. The molecule has 0 saturated carbocycles. The van der Waals surface area contributed by atoms with Gasteiger partial charge in [0.05, 0.1) is 18.8 Å². The first-order valence-corrected chi connectivity index (χ1v) is 12.6. The Morgan fingerprint density at radius 1 is 0.861 bits per heavy atom. The zero-order valence-corrected chi connectivity index (χ0v) is 22.3. The predicted octanol–water partition coefficient (Wildman–Crippen LogP) is -1.62. The van der Waals surface area contributed by atoms with Gasteiger partial charge >= 0.3 is 24.8 Å². The monoisotopic (exact) mass is 494 g/mol. The minimum Gasteiger partial charge on any atom is -0.543 e. The number of hydrogen-bond acceptors (Lipinski definition) is 8. The number of aromatic carboxylic acids is 1. The number of likely N-dealkylation sites (tertiary alicyclic amines) is 2. The van der Waals surface area contributed by atoms with E-state index in [0.717, 1.165) is 38.4 Å². The van der Waals surface area contributed by atoms with Gasteiger partial charge in [0.15, 0.2) is 0 Å². The van der Waals surface area contributed by atoms with Crippen LogP contribution in [0.3, 0.4) is 0 Å². The maximum Gasteiger partial charge on any atom is 1.00 e. The molecule has 0 aromatic carbocycles. The molecule has 0 unspecified atom stereocenters. The predicted molar refractivity (Wildman–Crippen MR) is 130 cm³/mol. The van der Waals surface area contributed by atoms with Crippen LogP contribution in [0.1, 0.15) is 59.5 Å². The van der Waals surface area contributed by atoms with Crippen LogP contribution in [0, 0.1) is 11.8 Å². The largest absolute Gasteiger partial charge is 1.00 e. The summed E-state index contributed by atoms with van der Waals surface area (Å²) >= 11 is 0. The average molecular weight is 495 g/mol. The second kappa shape index (κ2) is 15.2. The number of piperidine rings is 2. The molecule has 2 fully saturated rings. The van der Waals surface area contributed by atoms with Gasteiger partial charge in [-0.2, -0.15) is 10.2 Å². The van der Waals surface area contributed by atoms with Gasteiger partial charge in [0.25, 0.3) is 0 Å². The summed E-state index contributed by atoms with van der Waals surface area (Å²) in [4.78, 5) is 27.0. The molecule has 0 N–H and O–H groups in total. The first kappa shape index (κ1) is 30.1. The Kier molecular flexibility index (Phi) is 12.7. The van der Waals surface area contributed by atoms with Crippen molar-refractivity contribution in [1.29, 1.82) is 0 Å². The molecule has 36 heavy (non-hydrogen) atoms. The van der Waals surface area contributed by atoms with Crippen LogP contribution in [0.4, 0.5) is 0 Å². The topological polar surface area (TPSA) is 109 Å². The van der Waals surface area contributed by atoms with Crippen molar-refractivity contribution in [1.82, 2.24) is 29.4 Å². The molecule has 0 atom stereocenters. The van der Waals surface area contributed by atoms with E-state index in [1.165, 1.54) is 62.8 Å². The van der Waals surface area contributed by atoms with Crippen molar-refractivity contribution < 1.29 is 38.3 Å². The Balaban J connectivity index is 0.000000247. The number of carboxylic acid groups (broad SMARTS) is 1. The quantitative estimate of drug-likeness (QED) is 0.319. The molecule has 0 aliphatic carbocycles. The van der Waals surface area contributed by atoms with Crippen LogP contribution in [0.2, 0.25) is 0 Å². The van der Waals surface area contributed by atoms with Crippen LogP contribution in [-0.2, 0) is 17.8 Å². The van der Waals surface area contributed by atoms with E-state index < -0.39 is 5.97 Å². The van der Waals surface area contributed by atoms with Crippen molar-refractivity contribution in [2.75, 3.05) is 47.4 Å². The van der Waals surface area contributed by atoms with Crippen molar-refractivity contribution in [3.8, 4) is 0 Å².